The molecule has 2 aromatic carbocycles. The molecule has 1 aliphatic rings. The van der Waals surface area contributed by atoms with Gasteiger partial charge in [-0.2, -0.15) is 0 Å². The third-order valence-corrected chi connectivity index (χ3v) is 4.48. The average Bonchev–Trinajstić information content (AvgIpc) is 2.89. The van der Waals surface area contributed by atoms with Gasteiger partial charge in [-0.1, -0.05) is 24.3 Å². The standard InChI is InChI=1S/C19H21FN2O2/c1-22-10-9-17(19(22)14-5-7-15(20)8-6-14)21-18(24)12-13-3-2-4-16(23)11-13/h2-8,11,17,19,23H,9-10,12H2,1H3,(H,21,24). The van der Waals surface area contributed by atoms with Crippen molar-refractivity contribution in [2.24, 2.45) is 0 Å². The molecule has 1 fully saturated rings. The van der Waals surface area contributed by atoms with Crippen LogP contribution in [-0.2, 0) is 11.2 Å². The minimum atomic E-state index is -0.260. The van der Waals surface area contributed by atoms with Gasteiger partial charge in [-0.3, -0.25) is 9.69 Å². The minimum absolute atomic E-state index is 0.00901. The zero-order valence-corrected chi connectivity index (χ0v) is 13.6. The molecule has 3 rings (SSSR count). The number of nitrogens with zero attached hydrogens (tertiary/aromatic N) is 1. The second kappa shape index (κ2) is 7.01. The number of halogens is 1. The van der Waals surface area contributed by atoms with Crippen LogP contribution in [0.4, 0.5) is 4.39 Å². The van der Waals surface area contributed by atoms with Crippen LogP contribution in [0.3, 0.4) is 0 Å². The molecule has 0 saturated carbocycles. The molecule has 2 unspecified atom stereocenters. The maximum Gasteiger partial charge on any atom is 0.224 e. The Labute approximate surface area is 140 Å². The Kier molecular flexibility index (Phi) is 4.81. The van der Waals surface area contributed by atoms with E-state index >= 15 is 0 Å². The van der Waals surface area contributed by atoms with E-state index in [9.17, 15) is 14.3 Å². The lowest BCUT2D eigenvalue weighted by molar-refractivity contribution is -0.121. The lowest BCUT2D eigenvalue weighted by atomic mass is 9.99. The minimum Gasteiger partial charge on any atom is -0.508 e. The molecule has 0 bridgehead atoms. The number of nitrogens with one attached hydrogen (secondary N) is 1. The van der Waals surface area contributed by atoms with Crippen molar-refractivity contribution in [3.8, 4) is 5.75 Å². The molecular weight excluding hydrogens is 307 g/mol. The van der Waals surface area contributed by atoms with E-state index in [1.807, 2.05) is 13.1 Å². The molecule has 2 N–H and O–H groups in total. The molecule has 0 spiro atoms. The Balaban J connectivity index is 1.68. The highest BCUT2D eigenvalue weighted by Crippen LogP contribution is 2.31. The third-order valence-electron chi connectivity index (χ3n) is 4.48. The molecule has 1 amide bonds. The van der Waals surface area contributed by atoms with Crippen LogP contribution in [0.2, 0.25) is 0 Å². The summed E-state index contributed by atoms with van der Waals surface area (Å²) in [5, 5.41) is 12.6. The number of phenols is 1. The van der Waals surface area contributed by atoms with Gasteiger partial charge >= 0.3 is 0 Å². The number of phenolic OH excluding ortho intramolecular Hbond substituents is 1. The second-order valence-electron chi connectivity index (χ2n) is 6.29. The monoisotopic (exact) mass is 328 g/mol. The van der Waals surface area contributed by atoms with Crippen LogP contribution in [0.1, 0.15) is 23.6 Å². The van der Waals surface area contributed by atoms with E-state index in [1.54, 1.807) is 30.3 Å². The first-order valence-electron chi connectivity index (χ1n) is 8.06. The van der Waals surface area contributed by atoms with Gasteiger partial charge in [0.1, 0.15) is 11.6 Å². The van der Waals surface area contributed by atoms with Crippen LogP contribution in [0.25, 0.3) is 0 Å². The molecule has 2 atom stereocenters. The summed E-state index contributed by atoms with van der Waals surface area (Å²) >= 11 is 0. The average molecular weight is 328 g/mol. The largest absolute Gasteiger partial charge is 0.508 e. The summed E-state index contributed by atoms with van der Waals surface area (Å²) in [5.74, 6) is -0.179. The van der Waals surface area contributed by atoms with E-state index in [4.69, 9.17) is 0 Å². The second-order valence-corrected chi connectivity index (χ2v) is 6.29. The predicted octanol–water partition coefficient (Wildman–Crippen LogP) is 2.64. The van der Waals surface area contributed by atoms with Gasteiger partial charge in [0, 0.05) is 12.6 Å². The van der Waals surface area contributed by atoms with Crippen LogP contribution in [0, 0.1) is 5.82 Å². The maximum atomic E-state index is 13.1. The fourth-order valence-corrected chi connectivity index (χ4v) is 3.35. The molecule has 5 heteroatoms. The summed E-state index contributed by atoms with van der Waals surface area (Å²) in [5.41, 5.74) is 1.77. The number of rotatable bonds is 4. The van der Waals surface area contributed by atoms with Gasteiger partial charge in [0.15, 0.2) is 0 Å². The van der Waals surface area contributed by atoms with Crippen molar-refractivity contribution in [1.82, 2.24) is 10.2 Å². The number of aromatic hydroxyl groups is 1. The van der Waals surface area contributed by atoms with E-state index < -0.39 is 0 Å². The lowest BCUT2D eigenvalue weighted by Gasteiger charge is -2.26. The number of likely N-dealkylation sites (tertiary alicyclic amines) is 1. The molecule has 1 heterocycles. The van der Waals surface area contributed by atoms with E-state index in [0.29, 0.717) is 0 Å². The smallest absolute Gasteiger partial charge is 0.224 e. The zero-order chi connectivity index (χ0) is 17.1. The molecule has 0 radical (unpaired) electrons. The van der Waals surface area contributed by atoms with Crippen molar-refractivity contribution in [1.29, 1.82) is 0 Å². The number of hydrogen-bond acceptors (Lipinski definition) is 3. The fraction of sp³-hybridized carbons (Fsp3) is 0.316. The van der Waals surface area contributed by atoms with Crippen LogP contribution in [-0.4, -0.2) is 35.5 Å². The molecule has 1 aliphatic heterocycles. The summed E-state index contributed by atoms with van der Waals surface area (Å²) in [4.78, 5) is 14.5. The van der Waals surface area contributed by atoms with Crippen LogP contribution in [0.15, 0.2) is 48.5 Å². The van der Waals surface area contributed by atoms with Gasteiger partial charge in [-0.05, 0) is 48.9 Å². The number of amides is 1. The molecule has 4 nitrogen and oxygen atoms in total. The Bertz CT molecular complexity index is 718. The molecule has 126 valence electrons. The normalized spacial score (nSPS) is 20.9. The summed E-state index contributed by atoms with van der Waals surface area (Å²) in [7, 11) is 2.01. The summed E-state index contributed by atoms with van der Waals surface area (Å²) in [6.07, 6.45) is 1.08. The van der Waals surface area contributed by atoms with Crippen molar-refractivity contribution in [2.75, 3.05) is 13.6 Å². The summed E-state index contributed by atoms with van der Waals surface area (Å²) < 4.78 is 13.1. The Hall–Kier alpha value is -2.40. The molecule has 0 aromatic heterocycles. The van der Waals surface area contributed by atoms with E-state index in [0.717, 1.165) is 24.1 Å². The lowest BCUT2D eigenvalue weighted by Crippen LogP contribution is -2.39. The highest BCUT2D eigenvalue weighted by molar-refractivity contribution is 5.79. The Morgan fingerprint density at radius 2 is 2.04 bits per heavy atom. The topological polar surface area (TPSA) is 52.6 Å². The van der Waals surface area contributed by atoms with Crippen molar-refractivity contribution in [3.63, 3.8) is 0 Å². The van der Waals surface area contributed by atoms with Crippen molar-refractivity contribution in [2.45, 2.75) is 24.9 Å². The highest BCUT2D eigenvalue weighted by Gasteiger charge is 2.33. The SMILES string of the molecule is CN1CCC(NC(=O)Cc2cccc(O)c2)C1c1ccc(F)cc1. The van der Waals surface area contributed by atoms with E-state index in [2.05, 4.69) is 10.2 Å². The van der Waals surface area contributed by atoms with Gasteiger partial charge in [-0.25, -0.2) is 4.39 Å². The Morgan fingerprint density at radius 1 is 1.29 bits per heavy atom. The van der Waals surface area contributed by atoms with Gasteiger partial charge in [0.05, 0.1) is 12.5 Å². The van der Waals surface area contributed by atoms with Gasteiger partial charge in [0.2, 0.25) is 5.91 Å². The van der Waals surface area contributed by atoms with Gasteiger partial charge in [-0.15, -0.1) is 0 Å². The van der Waals surface area contributed by atoms with Crippen LogP contribution < -0.4 is 5.32 Å². The number of benzene rings is 2. The number of carbonyl (C=O) groups is 1. The van der Waals surface area contributed by atoms with Gasteiger partial charge < -0.3 is 10.4 Å². The Morgan fingerprint density at radius 3 is 2.75 bits per heavy atom. The first kappa shape index (κ1) is 16.5. The number of carbonyl (C=O) groups excluding carboxylic acids is 1. The zero-order valence-electron chi connectivity index (χ0n) is 13.6. The van der Waals surface area contributed by atoms with Crippen molar-refractivity contribution >= 4 is 5.91 Å². The molecule has 24 heavy (non-hydrogen) atoms. The van der Waals surface area contributed by atoms with Gasteiger partial charge in [0.25, 0.3) is 0 Å². The predicted molar refractivity (Wildman–Crippen MR) is 90.1 cm³/mol. The third kappa shape index (κ3) is 3.74. The maximum absolute atomic E-state index is 13.1. The molecule has 2 aromatic rings. The summed E-state index contributed by atoms with van der Waals surface area (Å²) in [6.45, 7) is 0.874. The number of hydrogen-bond donors (Lipinski definition) is 2. The molecule has 0 aliphatic carbocycles. The number of likely N-dealkylation sites (N-methyl/N-ethyl adjacent to an activating group) is 1. The molecular formula is C19H21FN2O2. The van der Waals surface area contributed by atoms with E-state index in [-0.39, 0.29) is 36.0 Å². The highest BCUT2D eigenvalue weighted by atomic mass is 19.1. The fourth-order valence-electron chi connectivity index (χ4n) is 3.35. The summed E-state index contributed by atoms with van der Waals surface area (Å²) in [6, 6.07) is 13.2. The van der Waals surface area contributed by atoms with E-state index in [1.165, 1.54) is 12.1 Å². The van der Waals surface area contributed by atoms with Crippen molar-refractivity contribution in [3.05, 3.63) is 65.5 Å². The van der Waals surface area contributed by atoms with Crippen LogP contribution >= 0.6 is 0 Å². The molecule has 1 saturated heterocycles. The first-order valence-corrected chi connectivity index (χ1v) is 8.06. The van der Waals surface area contributed by atoms with Crippen LogP contribution in [0.5, 0.6) is 5.75 Å². The van der Waals surface area contributed by atoms with Crippen molar-refractivity contribution < 1.29 is 14.3 Å². The first-order chi connectivity index (χ1) is 11.5. The quantitative estimate of drug-likeness (QED) is 0.907.